The summed E-state index contributed by atoms with van der Waals surface area (Å²) in [6.07, 6.45) is 3.67. The van der Waals surface area contributed by atoms with E-state index in [-0.39, 0.29) is 12.1 Å². The summed E-state index contributed by atoms with van der Waals surface area (Å²) in [7, 11) is 1.87. The Bertz CT molecular complexity index is 669. The molecule has 2 N–H and O–H groups in total. The molecule has 1 aromatic carbocycles. The second-order valence-corrected chi connectivity index (χ2v) is 6.61. The number of carbonyl (C=O) groups is 1. The van der Waals surface area contributed by atoms with Crippen molar-refractivity contribution in [1.82, 2.24) is 25.3 Å². The number of aromatic nitrogens is 2. The maximum atomic E-state index is 12.1. The second-order valence-electron chi connectivity index (χ2n) is 6.61. The second kappa shape index (κ2) is 7.49. The monoisotopic (exact) mass is 327 g/mol. The molecule has 1 aliphatic rings. The van der Waals surface area contributed by atoms with E-state index in [0.29, 0.717) is 12.5 Å². The normalized spacial score (nSPS) is 20.9. The lowest BCUT2D eigenvalue weighted by Crippen LogP contribution is -2.45. The third-order valence-corrected chi connectivity index (χ3v) is 4.46. The molecule has 2 heterocycles. The minimum atomic E-state index is -0.114. The molecule has 0 saturated carbocycles. The Morgan fingerprint density at radius 1 is 1.25 bits per heavy atom. The molecule has 0 aliphatic carbocycles. The number of urea groups is 1. The van der Waals surface area contributed by atoms with Crippen LogP contribution in [0.25, 0.3) is 0 Å². The van der Waals surface area contributed by atoms with Gasteiger partial charge in [0.1, 0.15) is 0 Å². The fraction of sp³-hybridized carbons (Fsp3) is 0.444. The van der Waals surface area contributed by atoms with E-state index in [2.05, 4.69) is 51.8 Å². The predicted octanol–water partition coefficient (Wildman–Crippen LogP) is 1.74. The zero-order valence-corrected chi connectivity index (χ0v) is 14.3. The lowest BCUT2D eigenvalue weighted by molar-refractivity contribution is 0.234. The number of hydrogen-bond donors (Lipinski definition) is 2. The first-order valence-corrected chi connectivity index (χ1v) is 8.38. The van der Waals surface area contributed by atoms with Crippen molar-refractivity contribution in [3.8, 4) is 0 Å². The van der Waals surface area contributed by atoms with Gasteiger partial charge in [-0.05, 0) is 11.5 Å². The molecule has 3 rings (SSSR count). The van der Waals surface area contributed by atoms with E-state index in [1.165, 1.54) is 5.56 Å². The lowest BCUT2D eigenvalue weighted by Gasteiger charge is -2.17. The smallest absolute Gasteiger partial charge is 0.315 e. The molecule has 2 atom stereocenters. The number of amides is 2. The van der Waals surface area contributed by atoms with Crippen LogP contribution in [0.1, 0.15) is 18.1 Å². The van der Waals surface area contributed by atoms with Crippen molar-refractivity contribution in [2.75, 3.05) is 13.1 Å². The van der Waals surface area contributed by atoms with Crippen molar-refractivity contribution in [2.24, 2.45) is 13.0 Å². The summed E-state index contributed by atoms with van der Waals surface area (Å²) in [5.74, 6) is 0.442. The number of benzene rings is 1. The number of carbonyl (C=O) groups excluding carboxylic acids is 1. The van der Waals surface area contributed by atoms with E-state index in [0.717, 1.165) is 25.2 Å². The maximum absolute atomic E-state index is 12.1. The molecule has 1 aromatic heterocycles. The highest BCUT2D eigenvalue weighted by Gasteiger charge is 2.30. The first-order chi connectivity index (χ1) is 11.6. The summed E-state index contributed by atoms with van der Waals surface area (Å²) >= 11 is 0. The van der Waals surface area contributed by atoms with Crippen LogP contribution in [0, 0.1) is 5.92 Å². The Morgan fingerprint density at radius 3 is 2.75 bits per heavy atom. The van der Waals surface area contributed by atoms with Crippen LogP contribution in [-0.2, 0) is 20.1 Å². The molecule has 1 saturated heterocycles. The van der Waals surface area contributed by atoms with E-state index in [1.807, 2.05) is 19.3 Å². The van der Waals surface area contributed by atoms with Crippen LogP contribution in [0.5, 0.6) is 0 Å². The highest BCUT2D eigenvalue weighted by atomic mass is 16.2. The molecule has 1 fully saturated rings. The van der Waals surface area contributed by atoms with Crippen LogP contribution in [0.3, 0.4) is 0 Å². The molecule has 6 heteroatoms. The standard InChI is InChI=1S/C18H25N5O/c1-14-10-23(12-15-6-4-3-5-7-15)13-17(14)21-18(24)19-8-16-9-20-22(2)11-16/h3-7,9,11,14,17H,8,10,12-13H2,1-2H3,(H2,19,21,24). The summed E-state index contributed by atoms with van der Waals surface area (Å²) in [4.78, 5) is 14.5. The van der Waals surface area contributed by atoms with Gasteiger partial charge in [-0.3, -0.25) is 9.58 Å². The van der Waals surface area contributed by atoms with Gasteiger partial charge in [-0.25, -0.2) is 4.79 Å². The van der Waals surface area contributed by atoms with Crippen LogP contribution in [0.2, 0.25) is 0 Å². The molecule has 24 heavy (non-hydrogen) atoms. The van der Waals surface area contributed by atoms with E-state index in [1.54, 1.807) is 10.9 Å². The molecular weight excluding hydrogens is 302 g/mol. The zero-order valence-electron chi connectivity index (χ0n) is 14.3. The summed E-state index contributed by atoms with van der Waals surface area (Å²) in [6.45, 7) is 5.51. The van der Waals surface area contributed by atoms with Gasteiger partial charge in [0.25, 0.3) is 0 Å². The molecular formula is C18H25N5O. The molecule has 2 amide bonds. The van der Waals surface area contributed by atoms with E-state index < -0.39 is 0 Å². The average molecular weight is 327 g/mol. The van der Waals surface area contributed by atoms with Crippen LogP contribution >= 0.6 is 0 Å². The number of rotatable bonds is 5. The van der Waals surface area contributed by atoms with E-state index >= 15 is 0 Å². The Hall–Kier alpha value is -2.34. The van der Waals surface area contributed by atoms with Crippen molar-refractivity contribution in [3.05, 3.63) is 53.9 Å². The molecule has 1 aliphatic heterocycles. The van der Waals surface area contributed by atoms with Gasteiger partial charge in [-0.2, -0.15) is 5.10 Å². The van der Waals surface area contributed by atoms with Gasteiger partial charge >= 0.3 is 6.03 Å². The van der Waals surface area contributed by atoms with Gasteiger partial charge < -0.3 is 10.6 Å². The van der Waals surface area contributed by atoms with E-state index in [4.69, 9.17) is 0 Å². The zero-order chi connectivity index (χ0) is 16.9. The average Bonchev–Trinajstić information content (AvgIpc) is 3.12. The van der Waals surface area contributed by atoms with Crippen molar-refractivity contribution in [2.45, 2.75) is 26.1 Å². The molecule has 0 bridgehead atoms. The van der Waals surface area contributed by atoms with Gasteiger partial charge in [0.15, 0.2) is 0 Å². The Morgan fingerprint density at radius 2 is 2.04 bits per heavy atom. The molecule has 2 unspecified atom stereocenters. The SMILES string of the molecule is CC1CN(Cc2ccccc2)CC1NC(=O)NCc1cnn(C)c1. The van der Waals surface area contributed by atoms with Crippen molar-refractivity contribution in [3.63, 3.8) is 0 Å². The minimum absolute atomic E-state index is 0.114. The first kappa shape index (κ1) is 16.5. The fourth-order valence-corrected chi connectivity index (χ4v) is 3.19. The van der Waals surface area contributed by atoms with Gasteiger partial charge in [-0.15, -0.1) is 0 Å². The Balaban J connectivity index is 1.45. The lowest BCUT2D eigenvalue weighted by atomic mass is 10.1. The summed E-state index contributed by atoms with van der Waals surface area (Å²) in [6, 6.07) is 10.5. The largest absolute Gasteiger partial charge is 0.334 e. The molecule has 2 aromatic rings. The van der Waals surface area contributed by atoms with Crippen molar-refractivity contribution < 1.29 is 4.79 Å². The number of aryl methyl sites for hydroxylation is 1. The highest BCUT2D eigenvalue weighted by molar-refractivity contribution is 5.74. The summed E-state index contributed by atoms with van der Waals surface area (Å²) in [5, 5.41) is 10.1. The number of likely N-dealkylation sites (tertiary alicyclic amines) is 1. The van der Waals surface area contributed by atoms with Gasteiger partial charge in [0.2, 0.25) is 0 Å². The number of hydrogen-bond acceptors (Lipinski definition) is 3. The molecule has 6 nitrogen and oxygen atoms in total. The van der Waals surface area contributed by atoms with Crippen LogP contribution in [0.4, 0.5) is 4.79 Å². The van der Waals surface area contributed by atoms with Gasteiger partial charge in [0.05, 0.1) is 6.20 Å². The highest BCUT2D eigenvalue weighted by Crippen LogP contribution is 2.18. The topological polar surface area (TPSA) is 62.2 Å². The Kier molecular flexibility index (Phi) is 5.15. The van der Waals surface area contributed by atoms with Crippen LogP contribution in [-0.4, -0.2) is 39.8 Å². The van der Waals surface area contributed by atoms with Crippen molar-refractivity contribution in [1.29, 1.82) is 0 Å². The van der Waals surface area contributed by atoms with Gasteiger partial charge in [-0.1, -0.05) is 37.3 Å². The Labute approximate surface area is 142 Å². The minimum Gasteiger partial charge on any atom is -0.334 e. The summed E-state index contributed by atoms with van der Waals surface area (Å²) in [5.41, 5.74) is 2.31. The van der Waals surface area contributed by atoms with Crippen molar-refractivity contribution >= 4 is 6.03 Å². The quantitative estimate of drug-likeness (QED) is 0.879. The third-order valence-electron chi connectivity index (χ3n) is 4.46. The van der Waals surface area contributed by atoms with E-state index in [9.17, 15) is 4.79 Å². The number of nitrogens with one attached hydrogen (secondary N) is 2. The molecule has 0 radical (unpaired) electrons. The first-order valence-electron chi connectivity index (χ1n) is 8.38. The third kappa shape index (κ3) is 4.35. The summed E-state index contributed by atoms with van der Waals surface area (Å²) < 4.78 is 1.73. The predicted molar refractivity (Wildman–Crippen MR) is 93.3 cm³/mol. The fourth-order valence-electron chi connectivity index (χ4n) is 3.19. The number of nitrogens with zero attached hydrogens (tertiary/aromatic N) is 3. The molecule has 0 spiro atoms. The molecule has 128 valence electrons. The van der Waals surface area contributed by atoms with Gasteiger partial charge in [0, 0.05) is 51.0 Å². The van der Waals surface area contributed by atoms with Crippen LogP contribution in [0.15, 0.2) is 42.7 Å². The maximum Gasteiger partial charge on any atom is 0.315 e. The van der Waals surface area contributed by atoms with Crippen LogP contribution < -0.4 is 10.6 Å².